The summed E-state index contributed by atoms with van der Waals surface area (Å²) in [6, 6.07) is 4.02. The maximum absolute atomic E-state index is 4.32. The van der Waals surface area contributed by atoms with Gasteiger partial charge in [0, 0.05) is 11.9 Å². The molecule has 78 valence electrons. The van der Waals surface area contributed by atoms with E-state index in [-0.39, 0.29) is 0 Å². The molecule has 0 saturated heterocycles. The van der Waals surface area contributed by atoms with Crippen LogP contribution in [-0.4, -0.2) is 4.98 Å². The summed E-state index contributed by atoms with van der Waals surface area (Å²) in [4.78, 5) is 4.32. The lowest BCUT2D eigenvalue weighted by molar-refractivity contribution is 0.788. The molecular formula is C13H16N2. The lowest BCUT2D eigenvalue weighted by Crippen LogP contribution is -2.06. The summed E-state index contributed by atoms with van der Waals surface area (Å²) in [6.07, 6.45) is 7.34. The molecule has 0 bridgehead atoms. The number of aromatic nitrogens is 1. The summed E-state index contributed by atoms with van der Waals surface area (Å²) in [7, 11) is 0. The first-order valence-electron chi connectivity index (χ1n) is 5.33. The Morgan fingerprint density at radius 3 is 3.00 bits per heavy atom. The number of hydrogen-bond donors (Lipinski definition) is 1. The van der Waals surface area contributed by atoms with Gasteiger partial charge in [-0.2, -0.15) is 0 Å². The minimum Gasteiger partial charge on any atom is -0.344 e. The van der Waals surface area contributed by atoms with Crippen LogP contribution in [0.5, 0.6) is 0 Å². The third kappa shape index (κ3) is 2.46. The van der Waals surface area contributed by atoms with Crippen LogP contribution in [-0.2, 0) is 0 Å². The van der Waals surface area contributed by atoms with Gasteiger partial charge >= 0.3 is 0 Å². The summed E-state index contributed by atoms with van der Waals surface area (Å²) in [6.45, 7) is 6.05. The normalized spacial score (nSPS) is 16.1. The maximum Gasteiger partial charge on any atom is 0.132 e. The van der Waals surface area contributed by atoms with Crippen LogP contribution in [0, 0.1) is 6.92 Å². The molecule has 0 aliphatic heterocycles. The second-order valence-electron chi connectivity index (χ2n) is 3.98. The van der Waals surface area contributed by atoms with Gasteiger partial charge in [0.2, 0.25) is 0 Å². The monoisotopic (exact) mass is 200 g/mol. The van der Waals surface area contributed by atoms with Crippen molar-refractivity contribution in [3.05, 3.63) is 47.8 Å². The van der Waals surface area contributed by atoms with E-state index in [0.717, 1.165) is 18.7 Å². The van der Waals surface area contributed by atoms with Gasteiger partial charge in [0.25, 0.3) is 0 Å². The van der Waals surface area contributed by atoms with Crippen molar-refractivity contribution in [2.45, 2.75) is 26.2 Å². The first kappa shape index (κ1) is 9.97. The Morgan fingerprint density at radius 1 is 1.40 bits per heavy atom. The van der Waals surface area contributed by atoms with Crippen molar-refractivity contribution in [1.29, 1.82) is 0 Å². The molecule has 0 fully saturated rings. The van der Waals surface area contributed by atoms with Gasteiger partial charge in [0.05, 0.1) is 0 Å². The minimum atomic E-state index is 0.957. The van der Waals surface area contributed by atoms with Crippen LogP contribution < -0.4 is 5.32 Å². The van der Waals surface area contributed by atoms with E-state index in [0.29, 0.717) is 0 Å². The van der Waals surface area contributed by atoms with Crippen LogP contribution in [0.15, 0.2) is 42.3 Å². The molecule has 0 unspecified atom stereocenters. The summed E-state index contributed by atoms with van der Waals surface area (Å²) in [5, 5.41) is 3.37. The van der Waals surface area contributed by atoms with Gasteiger partial charge in [-0.25, -0.2) is 4.98 Å². The fourth-order valence-electron chi connectivity index (χ4n) is 1.76. The van der Waals surface area contributed by atoms with Crippen molar-refractivity contribution >= 4 is 5.82 Å². The molecule has 2 heteroatoms. The third-order valence-corrected chi connectivity index (χ3v) is 2.61. The van der Waals surface area contributed by atoms with E-state index >= 15 is 0 Å². The van der Waals surface area contributed by atoms with E-state index in [1.165, 1.54) is 23.3 Å². The van der Waals surface area contributed by atoms with Crippen LogP contribution >= 0.6 is 0 Å². The van der Waals surface area contributed by atoms with Gasteiger partial charge < -0.3 is 5.32 Å². The molecule has 1 N–H and O–H groups in total. The van der Waals surface area contributed by atoms with Crippen LogP contribution in [0.2, 0.25) is 0 Å². The van der Waals surface area contributed by atoms with Gasteiger partial charge in [-0.1, -0.05) is 18.2 Å². The maximum atomic E-state index is 4.32. The molecule has 1 heterocycles. The molecule has 1 aliphatic rings. The Kier molecular flexibility index (Phi) is 2.86. The smallest absolute Gasteiger partial charge is 0.132 e. The second-order valence-corrected chi connectivity index (χ2v) is 3.98. The standard InChI is InChI=1S/C13H16N2/c1-10-5-3-7-12(9-10)15-13-11(2)6-4-8-14-13/h4,6,8-9H,1,3,5,7H2,2H3,(H,14,15). The van der Waals surface area contributed by atoms with Crippen molar-refractivity contribution in [1.82, 2.24) is 4.98 Å². The number of allylic oxidation sites excluding steroid dienone is 3. The summed E-state index contributed by atoms with van der Waals surface area (Å²) < 4.78 is 0. The molecule has 0 amide bonds. The fourth-order valence-corrected chi connectivity index (χ4v) is 1.76. The van der Waals surface area contributed by atoms with E-state index < -0.39 is 0 Å². The topological polar surface area (TPSA) is 24.9 Å². The van der Waals surface area contributed by atoms with Gasteiger partial charge in [-0.15, -0.1) is 0 Å². The quantitative estimate of drug-likeness (QED) is 0.791. The molecule has 1 aliphatic carbocycles. The van der Waals surface area contributed by atoms with Crippen molar-refractivity contribution in [2.24, 2.45) is 0 Å². The molecule has 1 aromatic rings. The first-order valence-corrected chi connectivity index (χ1v) is 5.33. The number of pyridine rings is 1. The summed E-state index contributed by atoms with van der Waals surface area (Å²) >= 11 is 0. The minimum absolute atomic E-state index is 0.957. The number of aryl methyl sites for hydroxylation is 1. The van der Waals surface area contributed by atoms with Crippen molar-refractivity contribution < 1.29 is 0 Å². The highest BCUT2D eigenvalue weighted by Gasteiger charge is 2.07. The van der Waals surface area contributed by atoms with Gasteiger partial charge in [0.15, 0.2) is 0 Å². The number of nitrogens with one attached hydrogen (secondary N) is 1. The molecule has 2 rings (SSSR count). The molecule has 2 nitrogen and oxygen atoms in total. The third-order valence-electron chi connectivity index (χ3n) is 2.61. The Balaban J connectivity index is 2.15. The number of nitrogens with zero attached hydrogens (tertiary/aromatic N) is 1. The Hall–Kier alpha value is -1.57. The average Bonchev–Trinajstić information content (AvgIpc) is 2.22. The molecule has 0 atom stereocenters. The predicted molar refractivity (Wildman–Crippen MR) is 63.7 cm³/mol. The molecule has 0 radical (unpaired) electrons. The van der Waals surface area contributed by atoms with E-state index in [2.05, 4.69) is 35.9 Å². The van der Waals surface area contributed by atoms with Gasteiger partial charge in [-0.05, 0) is 43.9 Å². The molecular weight excluding hydrogens is 184 g/mol. The zero-order valence-electron chi connectivity index (χ0n) is 9.09. The van der Waals surface area contributed by atoms with Crippen molar-refractivity contribution in [3.63, 3.8) is 0 Å². The summed E-state index contributed by atoms with van der Waals surface area (Å²) in [5.74, 6) is 0.957. The Labute approximate surface area is 90.7 Å². The van der Waals surface area contributed by atoms with E-state index in [9.17, 15) is 0 Å². The van der Waals surface area contributed by atoms with E-state index in [1.54, 1.807) is 0 Å². The largest absolute Gasteiger partial charge is 0.344 e. The van der Waals surface area contributed by atoms with E-state index in [4.69, 9.17) is 0 Å². The SMILES string of the molecule is C=C1C=C(Nc2ncccc2C)CCC1. The lowest BCUT2D eigenvalue weighted by atomic mass is 10.0. The Bertz CT molecular complexity index is 405. The number of anilines is 1. The molecule has 0 saturated carbocycles. The molecule has 15 heavy (non-hydrogen) atoms. The zero-order chi connectivity index (χ0) is 10.7. The fraction of sp³-hybridized carbons (Fsp3) is 0.308. The average molecular weight is 200 g/mol. The van der Waals surface area contributed by atoms with Crippen molar-refractivity contribution in [3.8, 4) is 0 Å². The van der Waals surface area contributed by atoms with Crippen LogP contribution in [0.25, 0.3) is 0 Å². The van der Waals surface area contributed by atoms with Crippen LogP contribution in [0.1, 0.15) is 24.8 Å². The highest BCUT2D eigenvalue weighted by molar-refractivity contribution is 5.49. The number of hydrogen-bond acceptors (Lipinski definition) is 2. The van der Waals surface area contributed by atoms with Crippen molar-refractivity contribution in [2.75, 3.05) is 5.32 Å². The summed E-state index contributed by atoms with van der Waals surface area (Å²) in [5.41, 5.74) is 3.61. The van der Waals surface area contributed by atoms with Gasteiger partial charge in [0.1, 0.15) is 5.82 Å². The molecule has 0 spiro atoms. The predicted octanol–water partition coefficient (Wildman–Crippen LogP) is 3.43. The lowest BCUT2D eigenvalue weighted by Gasteiger charge is -2.16. The highest BCUT2D eigenvalue weighted by Crippen LogP contribution is 2.22. The Morgan fingerprint density at radius 2 is 2.27 bits per heavy atom. The molecule has 0 aromatic carbocycles. The highest BCUT2D eigenvalue weighted by atomic mass is 15.0. The molecule has 1 aromatic heterocycles. The zero-order valence-corrected chi connectivity index (χ0v) is 9.09. The van der Waals surface area contributed by atoms with Crippen LogP contribution in [0.4, 0.5) is 5.82 Å². The van der Waals surface area contributed by atoms with E-state index in [1.807, 2.05) is 12.3 Å². The van der Waals surface area contributed by atoms with Crippen LogP contribution in [0.3, 0.4) is 0 Å². The van der Waals surface area contributed by atoms with Gasteiger partial charge in [-0.3, -0.25) is 0 Å². The second kappa shape index (κ2) is 4.30. The first-order chi connectivity index (χ1) is 7.25. The number of rotatable bonds is 2.